The van der Waals surface area contributed by atoms with Gasteiger partial charge in [0.25, 0.3) is 0 Å². The Morgan fingerprint density at radius 2 is 1.19 bits per heavy atom. The number of aliphatic hydroxyl groups excluding tert-OH is 1. The molecule has 0 aliphatic carbocycles. The van der Waals surface area contributed by atoms with Crippen molar-refractivity contribution in [1.82, 2.24) is 73.7 Å². The van der Waals surface area contributed by atoms with Crippen LogP contribution in [-0.4, -0.2) is 267 Å². The molecule has 14 unspecified atom stereocenters. The molecule has 0 radical (unpaired) electrons. The number of fused-ring (bicyclic) bond motifs is 1. The molecule has 22 N–H and O–H groups in total. The number of carboxylic acid groups (broad SMARTS) is 4. The number of carbonyl (C=O) groups excluding carboxylic acids is 15. The lowest BCUT2D eigenvalue weighted by Crippen LogP contribution is -2.64. The van der Waals surface area contributed by atoms with E-state index in [9.17, 15) is 117 Å². The molecule has 42 heteroatoms. The van der Waals surface area contributed by atoms with Gasteiger partial charge in [-0.3, -0.25) is 81.5 Å². The van der Waals surface area contributed by atoms with Crippen molar-refractivity contribution in [2.45, 2.75) is 235 Å². The molecule has 0 saturated carbocycles. The van der Waals surface area contributed by atoms with Gasteiger partial charge in [0.2, 0.25) is 82.7 Å². The van der Waals surface area contributed by atoms with Crippen molar-refractivity contribution in [2.24, 2.45) is 17.4 Å². The maximum Gasteiger partial charge on any atom is 0.335 e. The highest BCUT2D eigenvalue weighted by atomic mass is 16.5. The van der Waals surface area contributed by atoms with Crippen LogP contribution in [0.2, 0.25) is 0 Å². The van der Waals surface area contributed by atoms with Crippen LogP contribution in [0, 0.1) is 5.92 Å². The van der Waals surface area contributed by atoms with Gasteiger partial charge in [-0.25, -0.2) is 9.59 Å². The Balaban J connectivity index is 2.22. The third-order valence-electron chi connectivity index (χ3n) is 17.8. The number of unbranched alkanes of at least 4 members (excludes halogenated alkanes) is 7. The van der Waals surface area contributed by atoms with Crippen LogP contribution in [0.3, 0.4) is 0 Å². The average molecular weight is 1590 g/mol. The molecule has 1 aliphatic rings. The van der Waals surface area contributed by atoms with Crippen LogP contribution >= 0.6 is 0 Å². The summed E-state index contributed by atoms with van der Waals surface area (Å²) in [7, 11) is 1.75. The molecule has 112 heavy (non-hydrogen) atoms. The summed E-state index contributed by atoms with van der Waals surface area (Å²) in [4.78, 5) is 263. The monoisotopic (exact) mass is 1590 g/mol. The van der Waals surface area contributed by atoms with E-state index in [1.807, 2.05) is 5.32 Å². The van der Waals surface area contributed by atoms with E-state index >= 15 is 0 Å². The smallest absolute Gasteiger partial charge is 0.335 e. The number of esters is 1. The first-order valence-electron chi connectivity index (χ1n) is 36.4. The van der Waals surface area contributed by atoms with Gasteiger partial charge in [-0.05, 0) is 83.4 Å². The lowest BCUT2D eigenvalue weighted by molar-refractivity contribution is -0.159. The molecule has 2 heterocycles. The quantitative estimate of drug-likeness (QED) is 0.0226. The molecule has 14 atom stereocenters. The summed E-state index contributed by atoms with van der Waals surface area (Å²) < 4.78 is 10.7. The molecule has 1 saturated heterocycles. The van der Waals surface area contributed by atoms with E-state index in [0.29, 0.717) is 34.2 Å². The summed E-state index contributed by atoms with van der Waals surface area (Å²) in [5.41, 5.74) is 12.3. The van der Waals surface area contributed by atoms with E-state index in [0.717, 1.165) is 67.0 Å². The van der Waals surface area contributed by atoms with Crippen molar-refractivity contribution in [1.29, 1.82) is 0 Å². The summed E-state index contributed by atoms with van der Waals surface area (Å²) in [6.07, 6.45) is -4.09. The number of aromatic nitrogens is 1. The Bertz CT molecular complexity index is 3680. The third kappa shape index (κ3) is 31.9. The van der Waals surface area contributed by atoms with Crippen molar-refractivity contribution in [3.63, 3.8) is 0 Å². The van der Waals surface area contributed by atoms with Crippen LogP contribution in [-0.2, 0) is 107 Å². The number of aromatic amines is 1. The van der Waals surface area contributed by atoms with Gasteiger partial charge in [-0.15, -0.1) is 0 Å². The highest BCUT2D eigenvalue weighted by Gasteiger charge is 2.43. The molecule has 2 aromatic rings. The number of hydrogen-bond donors (Lipinski definition) is 20. The first kappa shape index (κ1) is 94.8. The number of cyclic esters (lactones) is 1. The summed E-state index contributed by atoms with van der Waals surface area (Å²) in [5, 5.41) is 78.2. The van der Waals surface area contributed by atoms with E-state index in [2.05, 4.69) is 70.4 Å². The number of aliphatic carboxylic acids is 4. The fraction of sp³-hybridized carbons (Fsp3) is 0.614. The van der Waals surface area contributed by atoms with Crippen LogP contribution < -0.4 is 75.3 Å². The molecule has 1 aromatic heterocycles. The Morgan fingerprint density at radius 1 is 0.625 bits per heavy atom. The average Bonchev–Trinajstić information content (AvgIpc) is 1.26. The summed E-state index contributed by atoms with van der Waals surface area (Å²) in [5.74, 6) is -27.2. The van der Waals surface area contributed by atoms with Crippen LogP contribution in [0.1, 0.15) is 150 Å². The Kier molecular flexibility index (Phi) is 40.3. The second-order valence-corrected chi connectivity index (χ2v) is 27.2. The van der Waals surface area contributed by atoms with Crippen molar-refractivity contribution in [2.75, 3.05) is 33.8 Å². The minimum atomic E-state index is -2.77. The standard InChI is InChI=1S/C70H106N16O26/c1-9-10-11-12-13-14-15-23-46(87)77-44(29-38-31-73-40-21-17-16-20-39(38)40)64(103)80-43(25-27-50(92)93)63(102)84-54(56(96)58(72)97)67(106)83-53-37(6)112-70(110)52(34(2)3)82-62(101)42(24-26-49(90)91)78-59(98)35(4)75-47(88)32-74-66(105)55(57(111-8)69(108)109)85-61(100)41(22-18-19-28-71)79-65(104)45(30-51(94)95)81-60(99)36(5)76-48(89)33-86(7)68(53)107/h16-17,20-21,31,34-37,41-45,52-57,73,96H,9-15,18-19,22-30,32-33,71H2,1-8H3,(H2,72,97)(H,74,105)(H,75,88)(H,76,89)(H,77,87)(H,78,98)(H,79,104)(H,80,103)(H,81,99)(H,82,101)(H,83,106)(H,84,102)(H,85,100)(H,90,91)(H,92,93)(H,94,95)(H,108,109). The number of nitrogens with zero attached hydrogens (tertiary/aromatic N) is 1. The van der Waals surface area contributed by atoms with Crippen LogP contribution in [0.4, 0.5) is 0 Å². The number of nitrogens with two attached hydrogens (primary N) is 2. The number of nitrogens with one attached hydrogen (secondary N) is 13. The highest BCUT2D eigenvalue weighted by molar-refractivity contribution is 6.02. The topological polar surface area (TPSA) is 659 Å². The van der Waals surface area contributed by atoms with Gasteiger partial charge in [0.15, 0.2) is 12.2 Å². The second kappa shape index (κ2) is 47.6. The number of hydrogen-bond acceptors (Lipinski definition) is 23. The van der Waals surface area contributed by atoms with Crippen molar-refractivity contribution >= 4 is 123 Å². The van der Waals surface area contributed by atoms with E-state index in [4.69, 9.17) is 20.9 Å². The molecule has 0 spiro atoms. The number of H-pyrrole nitrogens is 1. The zero-order chi connectivity index (χ0) is 84.2. The van der Waals surface area contributed by atoms with E-state index in [-0.39, 0.29) is 38.6 Å². The highest BCUT2D eigenvalue weighted by Crippen LogP contribution is 2.21. The lowest BCUT2D eigenvalue weighted by Gasteiger charge is -2.32. The van der Waals surface area contributed by atoms with E-state index in [1.54, 1.807) is 30.5 Å². The molecular formula is C70H106N16O26. The number of rotatable bonds is 35. The van der Waals surface area contributed by atoms with Gasteiger partial charge in [0, 0.05) is 56.9 Å². The predicted octanol–water partition coefficient (Wildman–Crippen LogP) is -5.32. The second-order valence-electron chi connectivity index (χ2n) is 27.2. The fourth-order valence-electron chi connectivity index (χ4n) is 11.4. The van der Waals surface area contributed by atoms with Gasteiger partial charge in [0.1, 0.15) is 72.6 Å². The SMILES string of the molecule is CCCCCCCCCC(=O)NC(Cc1c[nH]c2ccccc12)C(=O)NC(CCC(=O)O)C(=O)NC(C(=O)NC1C(=O)N(C)CC(=O)NC(C)C(=O)NC(CC(=O)O)C(=O)NC(CCCCN)C(=O)NC(C(OC)C(=O)O)C(=O)NCC(=O)NC(C)C(=O)NC(CCC(=O)O)C(=O)NC(C(C)C)C(=O)OC1C)C(O)C(N)=O. The molecule has 622 valence electrons. The minimum Gasteiger partial charge on any atom is -0.481 e. The van der Waals surface area contributed by atoms with Crippen LogP contribution in [0.5, 0.6) is 0 Å². The number of carboxylic acids is 4. The Labute approximate surface area is 643 Å². The molecule has 1 aromatic carbocycles. The first-order valence-corrected chi connectivity index (χ1v) is 36.4. The number of likely N-dealkylation sites (N-methyl/N-ethyl adjacent to an activating group) is 1. The number of carbonyl (C=O) groups is 19. The van der Waals surface area contributed by atoms with Gasteiger partial charge in [0.05, 0.1) is 19.5 Å². The molecule has 3 rings (SSSR count). The number of benzene rings is 1. The molecule has 14 amide bonds. The zero-order valence-corrected chi connectivity index (χ0v) is 63.6. The Morgan fingerprint density at radius 3 is 1.77 bits per heavy atom. The van der Waals surface area contributed by atoms with Crippen molar-refractivity contribution in [3.8, 4) is 0 Å². The predicted molar refractivity (Wildman–Crippen MR) is 391 cm³/mol. The molecule has 42 nitrogen and oxygen atoms in total. The minimum absolute atomic E-state index is 0.0107. The van der Waals surface area contributed by atoms with Crippen molar-refractivity contribution in [3.05, 3.63) is 36.0 Å². The largest absolute Gasteiger partial charge is 0.481 e. The summed E-state index contributed by atoms with van der Waals surface area (Å²) in [6.45, 7) is 5.66. The van der Waals surface area contributed by atoms with Gasteiger partial charge in [-0.1, -0.05) is 77.5 Å². The lowest BCUT2D eigenvalue weighted by atomic mass is 10.0. The maximum absolute atomic E-state index is 14.9. The number of amides is 14. The molecule has 1 aliphatic heterocycles. The number of ether oxygens (including phenoxy) is 2. The van der Waals surface area contributed by atoms with E-state index < -0.39 is 248 Å². The Hall–Kier alpha value is -11.4. The van der Waals surface area contributed by atoms with Crippen molar-refractivity contribution < 1.29 is 126 Å². The number of aliphatic hydroxyl groups is 1. The molecular weight excluding hydrogens is 1480 g/mol. The zero-order valence-electron chi connectivity index (χ0n) is 63.6. The van der Waals surface area contributed by atoms with Gasteiger partial charge < -0.3 is 120 Å². The summed E-state index contributed by atoms with van der Waals surface area (Å²) in [6, 6.07) is -14.7. The number of primary amides is 1. The third-order valence-corrected chi connectivity index (χ3v) is 17.8. The van der Waals surface area contributed by atoms with Crippen LogP contribution in [0.15, 0.2) is 30.5 Å². The maximum atomic E-state index is 14.9. The molecule has 0 bridgehead atoms. The number of methoxy groups -OCH3 is 1. The van der Waals surface area contributed by atoms with Crippen LogP contribution in [0.25, 0.3) is 10.9 Å². The number of para-hydroxylation sites is 1. The van der Waals surface area contributed by atoms with Gasteiger partial charge in [-0.2, -0.15) is 0 Å². The first-order chi connectivity index (χ1) is 52.7. The van der Waals surface area contributed by atoms with E-state index in [1.165, 1.54) is 13.8 Å². The fourth-order valence-corrected chi connectivity index (χ4v) is 11.4. The normalized spacial score (nSPS) is 22.0. The van der Waals surface area contributed by atoms with Gasteiger partial charge >= 0.3 is 29.8 Å². The summed E-state index contributed by atoms with van der Waals surface area (Å²) >= 11 is 0. The molecule has 1 fully saturated rings.